The van der Waals surface area contributed by atoms with Crippen molar-refractivity contribution in [1.82, 2.24) is 15.1 Å². The quantitative estimate of drug-likeness (QED) is 0.381. The van der Waals surface area contributed by atoms with Crippen molar-refractivity contribution in [3.63, 3.8) is 0 Å². The number of carbonyl (C=O) groups excluding carboxylic acids is 2. The van der Waals surface area contributed by atoms with Crippen LogP contribution >= 0.6 is 0 Å². The molecule has 7 nitrogen and oxygen atoms in total. The fourth-order valence-electron chi connectivity index (χ4n) is 3.67. The summed E-state index contributed by atoms with van der Waals surface area (Å²) in [6.07, 6.45) is 1.75. The van der Waals surface area contributed by atoms with Crippen LogP contribution in [0.5, 0.6) is 5.75 Å². The number of hydrogen-bond acceptors (Lipinski definition) is 4. The maximum atomic E-state index is 13.3. The molecule has 0 fully saturated rings. The second-order valence-electron chi connectivity index (χ2n) is 8.47. The number of hydrogen-bond donors (Lipinski definition) is 2. The second kappa shape index (κ2) is 10.7. The molecule has 0 saturated carbocycles. The van der Waals surface area contributed by atoms with Gasteiger partial charge in [-0.05, 0) is 55.8 Å². The zero-order valence-corrected chi connectivity index (χ0v) is 20.0. The molecule has 1 aromatic heterocycles. The Morgan fingerprint density at radius 3 is 2.37 bits per heavy atom. The first-order chi connectivity index (χ1) is 16.9. The summed E-state index contributed by atoms with van der Waals surface area (Å²) in [6.45, 7) is 4.35. The minimum absolute atomic E-state index is 0.0457. The first kappa shape index (κ1) is 23.8. The van der Waals surface area contributed by atoms with E-state index in [2.05, 4.69) is 10.6 Å². The van der Waals surface area contributed by atoms with E-state index in [0.717, 1.165) is 11.1 Å². The maximum absolute atomic E-state index is 13.3. The van der Waals surface area contributed by atoms with E-state index in [1.54, 1.807) is 42.3 Å². The lowest BCUT2D eigenvalue weighted by Gasteiger charge is -2.09. The summed E-state index contributed by atoms with van der Waals surface area (Å²) in [7, 11) is 1.60. The minimum atomic E-state index is -0.290. The largest absolute Gasteiger partial charge is 0.497 e. The summed E-state index contributed by atoms with van der Waals surface area (Å²) in [5.74, 6) is 0.239. The molecule has 0 aliphatic carbocycles. The van der Waals surface area contributed by atoms with Crippen molar-refractivity contribution in [2.45, 2.75) is 26.4 Å². The number of nitrogens with one attached hydrogen (secondary N) is 2. The number of carbonyl (C=O) groups is 2. The van der Waals surface area contributed by atoms with Gasteiger partial charge in [-0.1, -0.05) is 42.5 Å². The van der Waals surface area contributed by atoms with Crippen molar-refractivity contribution in [1.29, 1.82) is 0 Å². The SMILES string of the molecule is COc1cccc(-c2nn(Cc3ccccc3)cc2C(=O)Nc2ccc(C(=O)NC(C)C)cc2)c1. The number of benzene rings is 3. The van der Waals surface area contributed by atoms with Crippen molar-refractivity contribution in [3.05, 3.63) is 102 Å². The lowest BCUT2D eigenvalue weighted by molar-refractivity contribution is 0.0942. The number of rotatable bonds is 8. The molecule has 0 bridgehead atoms. The predicted molar refractivity (Wildman–Crippen MR) is 137 cm³/mol. The first-order valence-corrected chi connectivity index (χ1v) is 11.4. The van der Waals surface area contributed by atoms with E-state index < -0.39 is 0 Å². The molecule has 4 aromatic rings. The average molecular weight is 469 g/mol. The average Bonchev–Trinajstić information content (AvgIpc) is 3.28. The van der Waals surface area contributed by atoms with Gasteiger partial charge in [0, 0.05) is 29.1 Å². The summed E-state index contributed by atoms with van der Waals surface area (Å²) < 4.78 is 7.12. The van der Waals surface area contributed by atoms with E-state index in [-0.39, 0.29) is 17.9 Å². The van der Waals surface area contributed by atoms with Crippen molar-refractivity contribution in [2.24, 2.45) is 0 Å². The molecule has 0 atom stereocenters. The summed E-state index contributed by atoms with van der Waals surface area (Å²) in [6, 6.07) is 24.3. The summed E-state index contributed by atoms with van der Waals surface area (Å²) in [5, 5.41) is 10.5. The lowest BCUT2D eigenvalue weighted by Crippen LogP contribution is -2.30. The molecular weight excluding hydrogens is 440 g/mol. The zero-order valence-electron chi connectivity index (χ0n) is 20.0. The van der Waals surface area contributed by atoms with Gasteiger partial charge in [0.1, 0.15) is 11.4 Å². The van der Waals surface area contributed by atoms with Crippen LogP contribution in [0.4, 0.5) is 5.69 Å². The Balaban J connectivity index is 1.61. The molecule has 0 aliphatic rings. The molecule has 4 rings (SSSR count). The normalized spacial score (nSPS) is 10.7. The lowest BCUT2D eigenvalue weighted by atomic mass is 10.1. The Kier molecular flexibility index (Phi) is 7.26. The first-order valence-electron chi connectivity index (χ1n) is 11.4. The Morgan fingerprint density at radius 1 is 0.943 bits per heavy atom. The Morgan fingerprint density at radius 2 is 1.69 bits per heavy atom. The van der Waals surface area contributed by atoms with Gasteiger partial charge in [-0.25, -0.2) is 0 Å². The Bertz CT molecular complexity index is 1310. The third-order valence-electron chi connectivity index (χ3n) is 5.36. The van der Waals surface area contributed by atoms with Gasteiger partial charge in [0.25, 0.3) is 11.8 Å². The second-order valence-corrected chi connectivity index (χ2v) is 8.47. The van der Waals surface area contributed by atoms with E-state index in [0.29, 0.717) is 34.8 Å². The smallest absolute Gasteiger partial charge is 0.259 e. The Hall–Kier alpha value is -4.39. The molecular formula is C28H28N4O3. The van der Waals surface area contributed by atoms with E-state index in [1.807, 2.05) is 68.4 Å². The van der Waals surface area contributed by atoms with Crippen LogP contribution in [-0.4, -0.2) is 34.7 Å². The molecule has 0 unspecified atom stereocenters. The van der Waals surface area contributed by atoms with Crippen LogP contribution < -0.4 is 15.4 Å². The molecule has 2 amide bonds. The van der Waals surface area contributed by atoms with Crippen molar-refractivity contribution in [2.75, 3.05) is 12.4 Å². The molecule has 35 heavy (non-hydrogen) atoms. The standard InChI is InChI=1S/C28H28N4O3/c1-19(2)29-27(33)21-12-14-23(15-13-21)30-28(34)25-18-32(17-20-8-5-4-6-9-20)31-26(25)22-10-7-11-24(16-22)35-3/h4-16,18-19H,17H2,1-3H3,(H,29,33)(H,30,34). The fourth-order valence-corrected chi connectivity index (χ4v) is 3.67. The van der Waals surface area contributed by atoms with Gasteiger partial charge >= 0.3 is 0 Å². The van der Waals surface area contributed by atoms with Crippen LogP contribution in [0.2, 0.25) is 0 Å². The van der Waals surface area contributed by atoms with Crippen molar-refractivity contribution in [3.8, 4) is 17.0 Å². The number of ether oxygens (including phenoxy) is 1. The molecule has 2 N–H and O–H groups in total. The zero-order chi connectivity index (χ0) is 24.8. The highest BCUT2D eigenvalue weighted by molar-refractivity contribution is 6.08. The molecule has 3 aromatic carbocycles. The van der Waals surface area contributed by atoms with Gasteiger partial charge in [0.15, 0.2) is 0 Å². The van der Waals surface area contributed by atoms with Crippen LogP contribution in [0.15, 0.2) is 85.1 Å². The number of methoxy groups -OCH3 is 1. The third-order valence-corrected chi connectivity index (χ3v) is 5.36. The van der Waals surface area contributed by atoms with Gasteiger partial charge in [-0.15, -0.1) is 0 Å². The fraction of sp³-hybridized carbons (Fsp3) is 0.179. The molecule has 1 heterocycles. The number of aromatic nitrogens is 2. The van der Waals surface area contributed by atoms with E-state index in [9.17, 15) is 9.59 Å². The van der Waals surface area contributed by atoms with Crippen LogP contribution in [0.1, 0.15) is 40.1 Å². The predicted octanol–water partition coefficient (Wildman–Crippen LogP) is 5.00. The topological polar surface area (TPSA) is 85.2 Å². The maximum Gasteiger partial charge on any atom is 0.259 e. The van der Waals surface area contributed by atoms with Gasteiger partial charge in [0.05, 0.1) is 19.2 Å². The Labute approximate surface area is 204 Å². The van der Waals surface area contributed by atoms with E-state index >= 15 is 0 Å². The molecule has 0 aliphatic heterocycles. The van der Waals surface area contributed by atoms with Gasteiger partial charge in [0.2, 0.25) is 0 Å². The minimum Gasteiger partial charge on any atom is -0.497 e. The van der Waals surface area contributed by atoms with E-state index in [1.165, 1.54) is 0 Å². The van der Waals surface area contributed by atoms with E-state index in [4.69, 9.17) is 9.84 Å². The highest BCUT2D eigenvalue weighted by Gasteiger charge is 2.19. The van der Waals surface area contributed by atoms with Crippen molar-refractivity contribution >= 4 is 17.5 Å². The molecule has 7 heteroatoms. The van der Waals surface area contributed by atoms with Crippen LogP contribution in [0.3, 0.4) is 0 Å². The van der Waals surface area contributed by atoms with Gasteiger partial charge in [-0.3, -0.25) is 14.3 Å². The monoisotopic (exact) mass is 468 g/mol. The van der Waals surface area contributed by atoms with Crippen LogP contribution in [-0.2, 0) is 6.54 Å². The summed E-state index contributed by atoms with van der Waals surface area (Å²) >= 11 is 0. The number of nitrogens with zero attached hydrogens (tertiary/aromatic N) is 2. The highest BCUT2D eigenvalue weighted by atomic mass is 16.5. The third kappa shape index (κ3) is 5.95. The van der Waals surface area contributed by atoms with Crippen LogP contribution in [0, 0.1) is 0 Å². The molecule has 0 spiro atoms. The molecule has 0 radical (unpaired) electrons. The summed E-state index contributed by atoms with van der Waals surface area (Å²) in [5.41, 5.74) is 3.98. The van der Waals surface area contributed by atoms with Gasteiger partial charge in [-0.2, -0.15) is 5.10 Å². The highest BCUT2D eigenvalue weighted by Crippen LogP contribution is 2.27. The van der Waals surface area contributed by atoms with Gasteiger partial charge < -0.3 is 15.4 Å². The summed E-state index contributed by atoms with van der Waals surface area (Å²) in [4.78, 5) is 25.5. The van der Waals surface area contributed by atoms with Crippen molar-refractivity contribution < 1.29 is 14.3 Å². The molecule has 0 saturated heterocycles. The van der Waals surface area contributed by atoms with Crippen LogP contribution in [0.25, 0.3) is 11.3 Å². The number of anilines is 1. The number of amides is 2. The molecule has 178 valence electrons.